The molecule has 2 aromatic rings. The molecule has 0 aliphatic rings. The number of carboxylic acids is 1. The number of rotatable bonds is 4. The summed E-state index contributed by atoms with van der Waals surface area (Å²) in [6.45, 7) is 0. The van der Waals surface area contributed by atoms with Crippen molar-refractivity contribution in [1.29, 1.82) is 0 Å². The number of carboxylic acid groups (broad SMARTS) is 1. The maximum Gasteiger partial charge on any atom is 0.337 e. The Kier molecular flexibility index (Phi) is 4.20. The lowest BCUT2D eigenvalue weighted by atomic mass is 10.2. The Morgan fingerprint density at radius 3 is 2.33 bits per heavy atom. The molecule has 0 saturated heterocycles. The highest BCUT2D eigenvalue weighted by Gasteiger charge is 2.25. The van der Waals surface area contributed by atoms with Gasteiger partial charge in [0.15, 0.2) is 0 Å². The second kappa shape index (κ2) is 5.75. The zero-order chi connectivity index (χ0) is 15.6. The van der Waals surface area contributed by atoms with E-state index >= 15 is 0 Å². The van der Waals surface area contributed by atoms with Crippen molar-refractivity contribution in [2.24, 2.45) is 0 Å². The molecule has 0 spiro atoms. The summed E-state index contributed by atoms with van der Waals surface area (Å²) >= 11 is 5.85. The van der Waals surface area contributed by atoms with Crippen molar-refractivity contribution in [3.05, 3.63) is 59.1 Å². The molecule has 0 radical (unpaired) electrons. The van der Waals surface area contributed by atoms with Gasteiger partial charge >= 0.3 is 5.97 Å². The summed E-state index contributed by atoms with van der Waals surface area (Å²) in [4.78, 5) is 11.3. The van der Waals surface area contributed by atoms with E-state index in [2.05, 4.69) is 0 Å². The van der Waals surface area contributed by atoms with Crippen molar-refractivity contribution < 1.29 is 18.3 Å². The van der Waals surface area contributed by atoms with Crippen molar-refractivity contribution >= 4 is 33.3 Å². The van der Waals surface area contributed by atoms with Crippen LogP contribution in [0.4, 0.5) is 5.69 Å². The Morgan fingerprint density at radius 2 is 1.76 bits per heavy atom. The van der Waals surface area contributed by atoms with Crippen LogP contribution in [0.25, 0.3) is 0 Å². The Labute approximate surface area is 127 Å². The fraction of sp³-hybridized carbons (Fsp3) is 0.0714. The summed E-state index contributed by atoms with van der Waals surface area (Å²) < 4.78 is 25.9. The fourth-order valence-corrected chi connectivity index (χ4v) is 3.22. The average molecular weight is 326 g/mol. The minimum atomic E-state index is -3.85. The number of aromatic carboxylic acids is 1. The molecule has 0 atom stereocenters. The molecule has 110 valence electrons. The summed E-state index contributed by atoms with van der Waals surface area (Å²) in [5, 5.41) is 9.43. The third kappa shape index (κ3) is 3.01. The third-order valence-electron chi connectivity index (χ3n) is 2.93. The molecule has 0 aromatic heterocycles. The van der Waals surface area contributed by atoms with Gasteiger partial charge in [0.2, 0.25) is 0 Å². The van der Waals surface area contributed by atoms with E-state index in [0.717, 1.165) is 4.31 Å². The first-order chi connectivity index (χ1) is 9.84. The van der Waals surface area contributed by atoms with Crippen LogP contribution in [-0.2, 0) is 10.0 Å². The van der Waals surface area contributed by atoms with Crippen LogP contribution in [0.5, 0.6) is 0 Å². The molecular formula is C14H12ClNO4S. The minimum Gasteiger partial charge on any atom is -0.478 e. The summed E-state index contributed by atoms with van der Waals surface area (Å²) in [5.74, 6) is -1.23. The van der Waals surface area contributed by atoms with Gasteiger partial charge in [0.05, 0.1) is 16.1 Å². The normalized spacial score (nSPS) is 11.1. The van der Waals surface area contributed by atoms with Crippen LogP contribution in [0.15, 0.2) is 53.4 Å². The third-order valence-corrected chi connectivity index (χ3v) is 4.95. The Hall–Kier alpha value is -2.05. The molecule has 0 amide bonds. The van der Waals surface area contributed by atoms with Crippen molar-refractivity contribution in [2.75, 3.05) is 11.4 Å². The summed E-state index contributed by atoms with van der Waals surface area (Å²) in [7, 11) is -2.56. The number of carbonyl (C=O) groups is 1. The van der Waals surface area contributed by atoms with Crippen molar-refractivity contribution in [3.8, 4) is 0 Å². The van der Waals surface area contributed by atoms with Crippen LogP contribution in [-0.4, -0.2) is 26.5 Å². The summed E-state index contributed by atoms with van der Waals surface area (Å²) in [5.41, 5.74) is -0.125. The lowest BCUT2D eigenvalue weighted by molar-refractivity contribution is 0.0698. The fourth-order valence-electron chi connectivity index (χ4n) is 1.83. The van der Waals surface area contributed by atoms with Gasteiger partial charge in [0.1, 0.15) is 0 Å². The van der Waals surface area contributed by atoms with Gasteiger partial charge in [-0.2, -0.15) is 0 Å². The van der Waals surface area contributed by atoms with Crippen LogP contribution in [0.1, 0.15) is 10.4 Å². The molecule has 7 heteroatoms. The zero-order valence-electron chi connectivity index (χ0n) is 11.0. The van der Waals surface area contributed by atoms with Gasteiger partial charge in [-0.3, -0.25) is 4.31 Å². The first-order valence-electron chi connectivity index (χ1n) is 5.91. The average Bonchev–Trinajstić information content (AvgIpc) is 2.46. The molecule has 0 aliphatic heterocycles. The second-order valence-corrected chi connectivity index (χ2v) is 6.66. The van der Waals surface area contributed by atoms with Gasteiger partial charge in [-0.05, 0) is 30.3 Å². The SMILES string of the molecule is CN(c1cc(Cl)ccc1C(=O)O)S(=O)(=O)c1ccccc1. The molecule has 0 aliphatic carbocycles. The molecular weight excluding hydrogens is 314 g/mol. The van der Waals surface area contributed by atoms with Crippen molar-refractivity contribution in [2.45, 2.75) is 4.90 Å². The predicted molar refractivity (Wildman–Crippen MR) is 80.4 cm³/mol. The molecule has 2 aromatic carbocycles. The molecule has 0 unspecified atom stereocenters. The monoisotopic (exact) mass is 325 g/mol. The van der Waals surface area contributed by atoms with Gasteiger partial charge in [-0.15, -0.1) is 0 Å². The van der Waals surface area contributed by atoms with E-state index in [9.17, 15) is 18.3 Å². The number of hydrogen-bond donors (Lipinski definition) is 1. The van der Waals surface area contributed by atoms with E-state index in [4.69, 9.17) is 11.6 Å². The van der Waals surface area contributed by atoms with Gasteiger partial charge in [-0.1, -0.05) is 29.8 Å². The second-order valence-electron chi connectivity index (χ2n) is 4.25. The molecule has 0 fully saturated rings. The van der Waals surface area contributed by atoms with Crippen LogP contribution in [0, 0.1) is 0 Å². The quantitative estimate of drug-likeness (QED) is 0.938. The molecule has 0 heterocycles. The Morgan fingerprint density at radius 1 is 1.14 bits per heavy atom. The van der Waals surface area contributed by atoms with E-state index in [1.165, 1.54) is 37.4 Å². The van der Waals surface area contributed by atoms with E-state index in [0.29, 0.717) is 0 Å². The van der Waals surface area contributed by atoms with E-state index < -0.39 is 16.0 Å². The van der Waals surface area contributed by atoms with Crippen molar-refractivity contribution in [1.82, 2.24) is 0 Å². The van der Waals surface area contributed by atoms with Gasteiger partial charge < -0.3 is 5.11 Å². The van der Waals surface area contributed by atoms with Crippen molar-refractivity contribution in [3.63, 3.8) is 0 Å². The Balaban J connectivity index is 2.57. The summed E-state index contributed by atoms with van der Waals surface area (Å²) in [6.07, 6.45) is 0. The maximum absolute atomic E-state index is 12.5. The van der Waals surface area contributed by atoms with Crippen LogP contribution >= 0.6 is 11.6 Å². The molecule has 0 bridgehead atoms. The highest BCUT2D eigenvalue weighted by Crippen LogP contribution is 2.28. The maximum atomic E-state index is 12.5. The standard InChI is InChI=1S/C14H12ClNO4S/c1-16(21(19,20)11-5-3-2-4-6-11)13-9-10(15)7-8-12(13)14(17)18/h2-9H,1H3,(H,17,18). The Bertz CT molecular complexity index is 775. The number of sulfonamides is 1. The largest absolute Gasteiger partial charge is 0.478 e. The lowest BCUT2D eigenvalue weighted by Gasteiger charge is -2.21. The highest BCUT2D eigenvalue weighted by atomic mass is 35.5. The minimum absolute atomic E-state index is 0.0128. The smallest absolute Gasteiger partial charge is 0.337 e. The highest BCUT2D eigenvalue weighted by molar-refractivity contribution is 7.92. The van der Waals surface area contributed by atoms with E-state index in [1.807, 2.05) is 0 Å². The first-order valence-corrected chi connectivity index (χ1v) is 7.72. The zero-order valence-corrected chi connectivity index (χ0v) is 12.6. The number of benzene rings is 2. The van der Waals surface area contributed by atoms with Gasteiger partial charge in [-0.25, -0.2) is 13.2 Å². The van der Waals surface area contributed by atoms with Crippen LogP contribution in [0.3, 0.4) is 0 Å². The summed E-state index contributed by atoms with van der Waals surface area (Å²) in [6, 6.07) is 11.8. The molecule has 21 heavy (non-hydrogen) atoms. The molecule has 1 N–H and O–H groups in total. The topological polar surface area (TPSA) is 74.7 Å². The van der Waals surface area contributed by atoms with Gasteiger partial charge in [0, 0.05) is 12.1 Å². The number of nitrogens with zero attached hydrogens (tertiary/aromatic N) is 1. The molecule has 0 saturated carbocycles. The number of halogens is 1. The first kappa shape index (κ1) is 15.3. The molecule has 5 nitrogen and oxygen atoms in total. The van der Waals surface area contributed by atoms with E-state index in [1.54, 1.807) is 18.2 Å². The number of anilines is 1. The molecule has 2 rings (SSSR count). The van der Waals surface area contributed by atoms with Crippen LogP contribution in [0.2, 0.25) is 5.02 Å². The predicted octanol–water partition coefficient (Wildman–Crippen LogP) is 2.86. The number of hydrogen-bond acceptors (Lipinski definition) is 3. The van der Waals surface area contributed by atoms with E-state index in [-0.39, 0.29) is 21.2 Å². The van der Waals surface area contributed by atoms with Crippen LogP contribution < -0.4 is 4.31 Å². The lowest BCUT2D eigenvalue weighted by Crippen LogP contribution is -2.28. The van der Waals surface area contributed by atoms with Gasteiger partial charge in [0.25, 0.3) is 10.0 Å².